The van der Waals surface area contributed by atoms with Crippen LogP contribution in [0, 0.1) is 15.9 Å². The molecule has 2 rings (SSSR count). The first-order valence-electron chi connectivity index (χ1n) is 5.23. The van der Waals surface area contributed by atoms with Crippen LogP contribution in [0.15, 0.2) is 36.4 Å². The molecule has 0 unspecified atom stereocenters. The summed E-state index contributed by atoms with van der Waals surface area (Å²) in [6.07, 6.45) is 0. The Morgan fingerprint density at radius 3 is 2.63 bits per heavy atom. The van der Waals surface area contributed by atoms with Gasteiger partial charge in [0.2, 0.25) is 0 Å². The molecule has 0 radical (unpaired) electrons. The molecule has 2 aromatic rings. The Labute approximate surface area is 113 Å². The number of benzene rings is 2. The highest BCUT2D eigenvalue weighted by molar-refractivity contribution is 6.30. The molecule has 0 amide bonds. The van der Waals surface area contributed by atoms with E-state index in [0.717, 1.165) is 6.07 Å². The van der Waals surface area contributed by atoms with E-state index in [1.165, 1.54) is 30.3 Å². The van der Waals surface area contributed by atoms with Gasteiger partial charge in [-0.25, -0.2) is 4.39 Å². The van der Waals surface area contributed by atoms with Crippen molar-refractivity contribution in [1.82, 2.24) is 0 Å². The van der Waals surface area contributed by atoms with Crippen molar-refractivity contribution in [2.45, 2.75) is 0 Å². The second-order valence-corrected chi connectivity index (χ2v) is 4.26. The van der Waals surface area contributed by atoms with Gasteiger partial charge in [0.05, 0.1) is 10.6 Å². The Bertz CT molecular complexity index is 649. The average molecular weight is 282 g/mol. The summed E-state index contributed by atoms with van der Waals surface area (Å²) in [6.45, 7) is 0. The molecule has 0 fully saturated rings. The first-order chi connectivity index (χ1) is 8.95. The van der Waals surface area contributed by atoms with Crippen LogP contribution in [-0.2, 0) is 0 Å². The zero-order valence-corrected chi connectivity index (χ0v) is 10.3. The number of nitro groups is 1. The minimum Gasteiger partial charge on any atom is -0.398 e. The van der Waals surface area contributed by atoms with Gasteiger partial charge >= 0.3 is 0 Å². The Morgan fingerprint density at radius 1 is 1.26 bits per heavy atom. The molecule has 0 saturated carbocycles. The van der Waals surface area contributed by atoms with Crippen LogP contribution in [0.25, 0.3) is 0 Å². The van der Waals surface area contributed by atoms with Crippen molar-refractivity contribution < 1.29 is 9.31 Å². The van der Waals surface area contributed by atoms with Gasteiger partial charge < -0.3 is 11.1 Å². The molecule has 5 nitrogen and oxygen atoms in total. The molecular weight excluding hydrogens is 273 g/mol. The van der Waals surface area contributed by atoms with Gasteiger partial charge in [-0.2, -0.15) is 0 Å². The topological polar surface area (TPSA) is 81.2 Å². The number of hydrogen-bond donors (Lipinski definition) is 2. The number of nitrogen functional groups attached to an aromatic ring is 1. The Morgan fingerprint density at radius 2 is 2.00 bits per heavy atom. The number of nitrogens with zero attached hydrogens (tertiary/aromatic N) is 1. The minimum atomic E-state index is -0.570. The third-order valence-corrected chi connectivity index (χ3v) is 2.60. The lowest BCUT2D eigenvalue weighted by molar-refractivity contribution is -0.384. The fraction of sp³-hybridized carbons (Fsp3) is 0. The molecule has 0 aliphatic rings. The van der Waals surface area contributed by atoms with Gasteiger partial charge in [-0.05, 0) is 24.3 Å². The third-order valence-electron chi connectivity index (χ3n) is 2.36. The summed E-state index contributed by atoms with van der Waals surface area (Å²) in [7, 11) is 0. The molecule has 3 N–H and O–H groups in total. The predicted octanol–water partition coefficient (Wildman–Crippen LogP) is 3.71. The van der Waals surface area contributed by atoms with Crippen molar-refractivity contribution in [3.8, 4) is 0 Å². The zero-order chi connectivity index (χ0) is 14.0. The first-order valence-corrected chi connectivity index (χ1v) is 5.60. The van der Waals surface area contributed by atoms with E-state index >= 15 is 0 Å². The molecule has 0 spiro atoms. The number of hydrogen-bond acceptors (Lipinski definition) is 4. The van der Waals surface area contributed by atoms with Crippen molar-refractivity contribution in [3.05, 3.63) is 57.4 Å². The summed E-state index contributed by atoms with van der Waals surface area (Å²) in [5.41, 5.74) is 6.08. The fourth-order valence-electron chi connectivity index (χ4n) is 1.56. The number of nitro benzene ring substituents is 1. The van der Waals surface area contributed by atoms with E-state index in [4.69, 9.17) is 17.3 Å². The van der Waals surface area contributed by atoms with Gasteiger partial charge in [0, 0.05) is 28.5 Å². The number of rotatable bonds is 3. The molecule has 0 atom stereocenters. The fourth-order valence-corrected chi connectivity index (χ4v) is 1.72. The standard InChI is InChI=1S/C12H9ClFN3O2/c13-7-1-2-12(11(14)3-7)16-9-4-8(15)5-10(6-9)17(18)19/h1-6,16H,15H2. The van der Waals surface area contributed by atoms with E-state index in [0.29, 0.717) is 5.69 Å². The van der Waals surface area contributed by atoms with E-state index in [-0.39, 0.29) is 22.1 Å². The summed E-state index contributed by atoms with van der Waals surface area (Å²) in [5, 5.41) is 13.7. The van der Waals surface area contributed by atoms with Crippen LogP contribution in [0.2, 0.25) is 5.02 Å². The molecule has 2 aromatic carbocycles. The molecule has 0 aliphatic carbocycles. The second-order valence-electron chi connectivity index (χ2n) is 3.82. The monoisotopic (exact) mass is 281 g/mol. The van der Waals surface area contributed by atoms with Crippen LogP contribution in [0.3, 0.4) is 0 Å². The maximum Gasteiger partial charge on any atom is 0.273 e. The van der Waals surface area contributed by atoms with Crippen molar-refractivity contribution in [3.63, 3.8) is 0 Å². The minimum absolute atomic E-state index is 0.157. The van der Waals surface area contributed by atoms with Crippen LogP contribution >= 0.6 is 11.6 Å². The van der Waals surface area contributed by atoms with Crippen molar-refractivity contribution in [1.29, 1.82) is 0 Å². The van der Waals surface area contributed by atoms with Crippen LogP contribution < -0.4 is 11.1 Å². The lowest BCUT2D eigenvalue weighted by Crippen LogP contribution is -1.97. The summed E-state index contributed by atoms with van der Waals surface area (Å²) in [6, 6.07) is 8.06. The van der Waals surface area contributed by atoms with Gasteiger partial charge in [-0.3, -0.25) is 10.1 Å². The summed E-state index contributed by atoms with van der Waals surface area (Å²) >= 11 is 5.63. The van der Waals surface area contributed by atoms with Crippen molar-refractivity contribution in [2.24, 2.45) is 0 Å². The van der Waals surface area contributed by atoms with Gasteiger partial charge in [-0.1, -0.05) is 11.6 Å². The quantitative estimate of drug-likeness (QED) is 0.510. The number of halogens is 2. The highest BCUT2D eigenvalue weighted by Crippen LogP contribution is 2.27. The zero-order valence-electron chi connectivity index (χ0n) is 9.56. The highest BCUT2D eigenvalue weighted by atomic mass is 35.5. The molecule has 0 aliphatic heterocycles. The highest BCUT2D eigenvalue weighted by Gasteiger charge is 2.10. The van der Waals surface area contributed by atoms with E-state index in [1.807, 2.05) is 0 Å². The molecule has 98 valence electrons. The molecule has 0 aromatic heterocycles. The number of anilines is 3. The molecule has 19 heavy (non-hydrogen) atoms. The lowest BCUT2D eigenvalue weighted by Gasteiger charge is -2.08. The van der Waals surface area contributed by atoms with Crippen LogP contribution in [0.5, 0.6) is 0 Å². The van der Waals surface area contributed by atoms with E-state index < -0.39 is 10.7 Å². The molecule has 7 heteroatoms. The third kappa shape index (κ3) is 3.11. The van der Waals surface area contributed by atoms with Crippen LogP contribution in [0.1, 0.15) is 0 Å². The van der Waals surface area contributed by atoms with Gasteiger partial charge in [-0.15, -0.1) is 0 Å². The Balaban J connectivity index is 2.35. The van der Waals surface area contributed by atoms with Crippen molar-refractivity contribution in [2.75, 3.05) is 11.1 Å². The maximum absolute atomic E-state index is 13.6. The summed E-state index contributed by atoms with van der Waals surface area (Å²) < 4.78 is 13.6. The number of non-ortho nitro benzene ring substituents is 1. The smallest absolute Gasteiger partial charge is 0.273 e. The largest absolute Gasteiger partial charge is 0.398 e. The predicted molar refractivity (Wildman–Crippen MR) is 72.2 cm³/mol. The van der Waals surface area contributed by atoms with Crippen LogP contribution in [0.4, 0.5) is 27.1 Å². The Hall–Kier alpha value is -2.34. The second kappa shape index (κ2) is 5.11. The summed E-state index contributed by atoms with van der Waals surface area (Å²) in [4.78, 5) is 10.1. The maximum atomic E-state index is 13.6. The molecular formula is C12H9ClFN3O2. The molecule has 0 bridgehead atoms. The normalized spacial score (nSPS) is 10.2. The average Bonchev–Trinajstić information content (AvgIpc) is 2.32. The Kier molecular flexibility index (Phi) is 3.52. The van der Waals surface area contributed by atoms with Gasteiger partial charge in [0.1, 0.15) is 5.82 Å². The van der Waals surface area contributed by atoms with Gasteiger partial charge in [0.15, 0.2) is 0 Å². The van der Waals surface area contributed by atoms with Crippen LogP contribution in [-0.4, -0.2) is 4.92 Å². The van der Waals surface area contributed by atoms with Crippen molar-refractivity contribution >= 4 is 34.4 Å². The number of nitrogens with one attached hydrogen (secondary N) is 1. The lowest BCUT2D eigenvalue weighted by atomic mass is 10.2. The van der Waals surface area contributed by atoms with E-state index in [1.54, 1.807) is 0 Å². The molecule has 0 heterocycles. The number of nitrogens with two attached hydrogens (primary N) is 1. The van der Waals surface area contributed by atoms with E-state index in [2.05, 4.69) is 5.32 Å². The molecule has 0 saturated heterocycles. The first kappa shape index (κ1) is 13.1. The van der Waals surface area contributed by atoms with E-state index in [9.17, 15) is 14.5 Å². The summed E-state index contributed by atoms with van der Waals surface area (Å²) in [5.74, 6) is -0.558. The van der Waals surface area contributed by atoms with Gasteiger partial charge in [0.25, 0.3) is 5.69 Å². The SMILES string of the molecule is Nc1cc(Nc2ccc(Cl)cc2F)cc([N+](=O)[O-])c1.